The van der Waals surface area contributed by atoms with Crippen molar-refractivity contribution in [2.45, 2.75) is 44.7 Å². The number of carbonyl (C=O) groups is 2. The largest absolute Gasteiger partial charge is 0.395 e. The smallest absolute Gasteiger partial charge is 0.267 e. The number of benzene rings is 2. The Kier molecular flexibility index (Phi) is 8.22. The predicted octanol–water partition coefficient (Wildman–Crippen LogP) is 3.31. The monoisotopic (exact) mass is 516 g/mol. The molecule has 3 aromatic rings. The topological polar surface area (TPSA) is 98.0 Å². The number of nitrogens with one attached hydrogen (secondary N) is 1. The van der Waals surface area contributed by atoms with Gasteiger partial charge in [0.2, 0.25) is 5.91 Å². The van der Waals surface area contributed by atoms with Gasteiger partial charge in [0.1, 0.15) is 6.54 Å². The molecule has 2 aliphatic rings. The second-order valence-electron chi connectivity index (χ2n) is 10.2. The van der Waals surface area contributed by atoms with E-state index in [0.29, 0.717) is 13.1 Å². The van der Waals surface area contributed by atoms with Gasteiger partial charge in [-0.3, -0.25) is 19.7 Å². The zero-order valence-corrected chi connectivity index (χ0v) is 21.7. The number of nitrogens with zero attached hydrogens (tertiary/aromatic N) is 3. The van der Waals surface area contributed by atoms with Crippen LogP contribution >= 0.6 is 0 Å². The zero-order chi connectivity index (χ0) is 26.5. The molecule has 2 heterocycles. The number of amides is 2. The minimum Gasteiger partial charge on any atom is -0.395 e. The molecule has 3 N–H and O–H groups in total. The lowest BCUT2D eigenvalue weighted by Crippen LogP contribution is -2.32. The van der Waals surface area contributed by atoms with Crippen molar-refractivity contribution in [3.63, 3.8) is 0 Å². The molecule has 8 heteroatoms. The van der Waals surface area contributed by atoms with Gasteiger partial charge < -0.3 is 14.6 Å². The van der Waals surface area contributed by atoms with E-state index in [1.54, 1.807) is 11.6 Å². The van der Waals surface area contributed by atoms with Crippen molar-refractivity contribution in [2.75, 3.05) is 32.8 Å². The summed E-state index contributed by atoms with van der Waals surface area (Å²) < 4.78 is 2.10. The van der Waals surface area contributed by atoms with Crippen molar-refractivity contribution in [1.82, 2.24) is 19.8 Å². The summed E-state index contributed by atoms with van der Waals surface area (Å²) in [6.45, 7) is 3.58. The van der Waals surface area contributed by atoms with E-state index in [-0.39, 0.29) is 18.6 Å². The number of aryl methyl sites for hydroxylation is 1. The number of rotatable bonds is 10. The molecule has 1 aromatic heterocycles. The van der Waals surface area contributed by atoms with Crippen LogP contribution in [0.2, 0.25) is 0 Å². The maximum atomic E-state index is 12.9. The highest BCUT2D eigenvalue weighted by atomic mass is 16.5. The van der Waals surface area contributed by atoms with Gasteiger partial charge in [0.25, 0.3) is 5.91 Å². The van der Waals surface area contributed by atoms with E-state index in [4.69, 9.17) is 5.21 Å². The van der Waals surface area contributed by atoms with Crippen LogP contribution in [0, 0.1) is 0 Å². The molecule has 0 radical (unpaired) electrons. The fraction of sp³-hybridized carbons (Fsp3) is 0.400. The zero-order valence-electron chi connectivity index (χ0n) is 21.7. The summed E-state index contributed by atoms with van der Waals surface area (Å²) in [6, 6.07) is 14.7. The SMILES string of the molecule is O=C(/C=C/c1ccc2c(c1)CCC2N(CCO)CCc1cn(CC(=O)N2CCCC2)c2ccccc12)NO. The first-order valence-corrected chi connectivity index (χ1v) is 13.5. The summed E-state index contributed by atoms with van der Waals surface area (Å²) >= 11 is 0. The van der Waals surface area contributed by atoms with Gasteiger partial charge in [0.15, 0.2) is 0 Å². The van der Waals surface area contributed by atoms with Crippen LogP contribution in [0.5, 0.6) is 0 Å². The number of aliphatic hydroxyl groups excluding tert-OH is 1. The minimum atomic E-state index is -0.556. The number of hydrogen-bond donors (Lipinski definition) is 3. The fourth-order valence-corrected chi connectivity index (χ4v) is 5.99. The molecular formula is C30H36N4O4. The molecule has 0 saturated carbocycles. The molecule has 1 unspecified atom stereocenters. The number of hydroxylamine groups is 1. The lowest BCUT2D eigenvalue weighted by Gasteiger charge is -2.29. The Morgan fingerprint density at radius 2 is 1.92 bits per heavy atom. The Morgan fingerprint density at radius 1 is 1.11 bits per heavy atom. The van der Waals surface area contributed by atoms with Crippen molar-refractivity contribution < 1.29 is 19.9 Å². The van der Waals surface area contributed by atoms with Crippen LogP contribution in [0.25, 0.3) is 17.0 Å². The lowest BCUT2D eigenvalue weighted by molar-refractivity contribution is -0.130. The van der Waals surface area contributed by atoms with Crippen LogP contribution in [0.15, 0.2) is 54.7 Å². The molecule has 2 amide bonds. The molecule has 200 valence electrons. The van der Waals surface area contributed by atoms with Crippen molar-refractivity contribution in [1.29, 1.82) is 0 Å². The third kappa shape index (κ3) is 5.67. The molecule has 0 bridgehead atoms. The van der Waals surface area contributed by atoms with Gasteiger partial charge in [-0.15, -0.1) is 0 Å². The van der Waals surface area contributed by atoms with E-state index in [0.717, 1.165) is 62.8 Å². The number of hydrogen-bond acceptors (Lipinski definition) is 5. The summed E-state index contributed by atoms with van der Waals surface area (Å²) in [5.74, 6) is -0.371. The van der Waals surface area contributed by atoms with Crippen LogP contribution in [-0.2, 0) is 29.0 Å². The minimum absolute atomic E-state index is 0.0923. The van der Waals surface area contributed by atoms with E-state index in [2.05, 4.69) is 39.9 Å². The maximum absolute atomic E-state index is 12.9. The summed E-state index contributed by atoms with van der Waals surface area (Å²) in [6.07, 6.45) is 10.1. The number of para-hydroxylation sites is 1. The highest BCUT2D eigenvalue weighted by Crippen LogP contribution is 2.36. The van der Waals surface area contributed by atoms with Crippen LogP contribution in [0.3, 0.4) is 0 Å². The second kappa shape index (κ2) is 11.9. The van der Waals surface area contributed by atoms with Gasteiger partial charge >= 0.3 is 0 Å². The average Bonchev–Trinajstić information content (AvgIpc) is 3.69. The first-order valence-electron chi connectivity index (χ1n) is 13.5. The van der Waals surface area contributed by atoms with Gasteiger partial charge in [-0.2, -0.15) is 0 Å². The molecular weight excluding hydrogens is 480 g/mol. The summed E-state index contributed by atoms with van der Waals surface area (Å²) in [5, 5.41) is 19.7. The van der Waals surface area contributed by atoms with Crippen molar-refractivity contribution >= 4 is 28.8 Å². The lowest BCUT2D eigenvalue weighted by atomic mass is 10.0. The van der Waals surface area contributed by atoms with E-state index >= 15 is 0 Å². The van der Waals surface area contributed by atoms with Gasteiger partial charge in [-0.25, -0.2) is 5.48 Å². The van der Waals surface area contributed by atoms with Crippen molar-refractivity contribution in [3.05, 3.63) is 77.0 Å². The van der Waals surface area contributed by atoms with Crippen LogP contribution in [0.1, 0.15) is 47.6 Å². The van der Waals surface area contributed by atoms with Gasteiger partial charge in [-0.1, -0.05) is 36.4 Å². The molecule has 1 saturated heterocycles. The normalized spacial score (nSPS) is 17.1. The number of aliphatic hydroxyl groups is 1. The van der Waals surface area contributed by atoms with E-state index < -0.39 is 5.91 Å². The third-order valence-electron chi connectivity index (χ3n) is 7.88. The van der Waals surface area contributed by atoms with E-state index in [9.17, 15) is 14.7 Å². The molecule has 1 aliphatic carbocycles. The van der Waals surface area contributed by atoms with Gasteiger partial charge in [0, 0.05) is 55.4 Å². The quantitative estimate of drug-likeness (QED) is 0.218. The Labute approximate surface area is 223 Å². The molecule has 0 spiro atoms. The highest BCUT2D eigenvalue weighted by Gasteiger charge is 2.28. The van der Waals surface area contributed by atoms with Crippen LogP contribution < -0.4 is 5.48 Å². The summed E-state index contributed by atoms with van der Waals surface area (Å²) in [4.78, 5) is 28.5. The number of aromatic nitrogens is 1. The molecule has 5 rings (SSSR count). The molecule has 38 heavy (non-hydrogen) atoms. The van der Waals surface area contributed by atoms with Gasteiger partial charge in [0.05, 0.1) is 6.61 Å². The number of fused-ring (bicyclic) bond motifs is 2. The number of carbonyl (C=O) groups excluding carboxylic acids is 2. The van der Waals surface area contributed by atoms with Crippen molar-refractivity contribution in [3.8, 4) is 0 Å². The average molecular weight is 517 g/mol. The highest BCUT2D eigenvalue weighted by molar-refractivity contribution is 5.90. The van der Waals surface area contributed by atoms with Crippen LogP contribution in [0.4, 0.5) is 0 Å². The summed E-state index contributed by atoms with van der Waals surface area (Å²) in [5.41, 5.74) is 7.35. The number of likely N-dealkylation sites (tertiary alicyclic amines) is 1. The second-order valence-corrected chi connectivity index (χ2v) is 10.2. The molecule has 2 aromatic carbocycles. The predicted molar refractivity (Wildman–Crippen MR) is 147 cm³/mol. The fourth-order valence-electron chi connectivity index (χ4n) is 5.99. The standard InChI is InChI=1S/C30H36N4O4/c35-18-17-32(28-11-9-23-19-22(7-10-26(23)28)8-12-29(36)31-38)16-13-24-20-34(27-6-2-1-5-25(24)27)21-30(37)33-14-3-4-15-33/h1-2,5-8,10,12,19-20,28,35,38H,3-4,9,11,13-18,21H2,(H,31,36)/b12-8+. The summed E-state index contributed by atoms with van der Waals surface area (Å²) in [7, 11) is 0. The van der Waals surface area contributed by atoms with E-state index in [1.807, 2.05) is 23.1 Å². The molecule has 1 fully saturated rings. The third-order valence-corrected chi connectivity index (χ3v) is 7.88. The molecule has 8 nitrogen and oxygen atoms in total. The first-order chi connectivity index (χ1) is 18.6. The molecule has 1 atom stereocenters. The first kappa shape index (κ1) is 26.2. The molecule has 1 aliphatic heterocycles. The van der Waals surface area contributed by atoms with Crippen LogP contribution in [-0.4, -0.2) is 69.3 Å². The maximum Gasteiger partial charge on any atom is 0.267 e. The van der Waals surface area contributed by atoms with Crippen molar-refractivity contribution in [2.24, 2.45) is 0 Å². The van der Waals surface area contributed by atoms with Gasteiger partial charge in [-0.05, 0) is 66.5 Å². The Hall–Kier alpha value is -3.46. The Morgan fingerprint density at radius 3 is 2.71 bits per heavy atom. The Balaban J connectivity index is 1.31. The Bertz CT molecular complexity index is 1330. The van der Waals surface area contributed by atoms with E-state index in [1.165, 1.54) is 28.2 Å².